The largest absolute Gasteiger partial charge is 0.491 e. The lowest BCUT2D eigenvalue weighted by Crippen LogP contribution is -2.45. The van der Waals surface area contributed by atoms with Gasteiger partial charge in [-0.1, -0.05) is 12.1 Å². The van der Waals surface area contributed by atoms with E-state index in [1.807, 2.05) is 12.1 Å². The van der Waals surface area contributed by atoms with E-state index in [1.54, 1.807) is 40.0 Å². The lowest BCUT2D eigenvalue weighted by Gasteiger charge is -2.22. The Bertz CT molecular complexity index is 1030. The van der Waals surface area contributed by atoms with E-state index in [-0.39, 0.29) is 6.42 Å². The van der Waals surface area contributed by atoms with Gasteiger partial charge in [0.2, 0.25) is 0 Å². The number of hydrogen-bond donors (Lipinski definition) is 1. The number of carbonyl (C=O) groups excluding carboxylic acids is 2. The molecule has 1 aromatic rings. The van der Waals surface area contributed by atoms with Crippen LogP contribution in [0.1, 0.15) is 26.3 Å². The Morgan fingerprint density at radius 2 is 0.836 bits per heavy atom. The van der Waals surface area contributed by atoms with Crippen LogP contribution in [-0.4, -0.2) is 183 Å². The van der Waals surface area contributed by atoms with Crippen LogP contribution in [0.3, 0.4) is 0 Å². The fourth-order valence-electron chi connectivity index (χ4n) is 4.18. The monoisotopic (exact) mass is 793 g/mol. The second-order valence-electron chi connectivity index (χ2n) is 12.5. The highest BCUT2D eigenvalue weighted by molar-refractivity contribution is 5.81. The van der Waals surface area contributed by atoms with Crippen molar-refractivity contribution in [3.05, 3.63) is 29.8 Å². The molecule has 0 aliphatic heterocycles. The van der Waals surface area contributed by atoms with Crippen LogP contribution in [0.4, 0.5) is 4.79 Å². The van der Waals surface area contributed by atoms with Gasteiger partial charge >= 0.3 is 12.1 Å². The molecule has 0 saturated heterocycles. The number of amides is 1. The molecule has 1 aromatic carbocycles. The van der Waals surface area contributed by atoms with Gasteiger partial charge in [0.15, 0.2) is 0 Å². The second-order valence-corrected chi connectivity index (χ2v) is 12.5. The Kier molecular flexibility index (Phi) is 32.7. The maximum atomic E-state index is 12.2. The number of ether oxygens (including phenoxy) is 14. The highest BCUT2D eigenvalue weighted by atomic mass is 16.6. The van der Waals surface area contributed by atoms with Gasteiger partial charge in [0, 0.05) is 13.5 Å². The number of methoxy groups -OCH3 is 2. The van der Waals surface area contributed by atoms with Crippen LogP contribution in [0.25, 0.3) is 0 Å². The molecule has 0 radical (unpaired) electrons. The zero-order valence-electron chi connectivity index (χ0n) is 33.7. The molecule has 0 saturated carbocycles. The van der Waals surface area contributed by atoms with Crippen molar-refractivity contribution in [2.45, 2.75) is 38.8 Å². The van der Waals surface area contributed by atoms with Crippen molar-refractivity contribution < 1.29 is 75.9 Å². The molecule has 0 spiro atoms. The minimum absolute atomic E-state index is 0.240. The average Bonchev–Trinajstić information content (AvgIpc) is 3.16. The van der Waals surface area contributed by atoms with E-state index >= 15 is 0 Å². The van der Waals surface area contributed by atoms with Gasteiger partial charge in [0.05, 0.1) is 146 Å². The molecule has 1 unspecified atom stereocenters. The first-order valence-electron chi connectivity index (χ1n) is 18.8. The first-order valence-corrected chi connectivity index (χ1v) is 18.8. The fraction of sp³-hybridized carbons (Fsp3) is 0.789. The van der Waals surface area contributed by atoms with Gasteiger partial charge in [-0.25, -0.2) is 9.59 Å². The van der Waals surface area contributed by atoms with Crippen molar-refractivity contribution in [1.82, 2.24) is 5.32 Å². The zero-order valence-corrected chi connectivity index (χ0v) is 33.7. The molecular weight excluding hydrogens is 726 g/mol. The van der Waals surface area contributed by atoms with Gasteiger partial charge in [-0.15, -0.1) is 0 Å². The molecule has 55 heavy (non-hydrogen) atoms. The summed E-state index contributed by atoms with van der Waals surface area (Å²) in [6.07, 6.45) is -0.447. The van der Waals surface area contributed by atoms with Crippen molar-refractivity contribution >= 4 is 12.1 Å². The van der Waals surface area contributed by atoms with E-state index in [2.05, 4.69) is 5.32 Å². The fourth-order valence-corrected chi connectivity index (χ4v) is 4.18. The van der Waals surface area contributed by atoms with E-state index in [9.17, 15) is 9.59 Å². The van der Waals surface area contributed by atoms with Crippen LogP contribution in [0.2, 0.25) is 0 Å². The summed E-state index contributed by atoms with van der Waals surface area (Å²) in [6, 6.07) is 6.34. The van der Waals surface area contributed by atoms with E-state index in [4.69, 9.17) is 66.3 Å². The summed E-state index contributed by atoms with van der Waals surface area (Å²) in [7, 11) is 2.91. The number of benzene rings is 1. The van der Waals surface area contributed by atoms with Crippen LogP contribution in [0.5, 0.6) is 5.75 Å². The van der Waals surface area contributed by atoms with Crippen molar-refractivity contribution in [2.24, 2.45) is 0 Å². The molecular formula is C38H67NO16. The maximum absolute atomic E-state index is 12.2. The Labute approximate surface area is 327 Å². The molecule has 1 atom stereocenters. The molecule has 0 heterocycles. The number of rotatable bonds is 38. The Balaban J connectivity index is 1.83. The summed E-state index contributed by atoms with van der Waals surface area (Å²) >= 11 is 0. The standard InChI is InChI=1S/C38H67NO16/c1-38(2,3)55-37(41)39-35(36(40)43-5)32-33-6-8-34(9-7-33)54-31-30-53-29-28-52-27-26-51-25-24-50-23-22-49-21-20-48-19-18-47-17-16-46-15-14-45-13-12-44-11-10-42-4/h6-9,35H,10-32H2,1-5H3,(H,39,41). The Morgan fingerprint density at radius 3 is 1.15 bits per heavy atom. The number of esters is 1. The van der Waals surface area contributed by atoms with Crippen molar-refractivity contribution in [3.63, 3.8) is 0 Å². The minimum atomic E-state index is -0.881. The summed E-state index contributed by atoms with van der Waals surface area (Å²) in [5.74, 6) is 0.0954. The van der Waals surface area contributed by atoms with Gasteiger partial charge in [-0.3, -0.25) is 0 Å². The molecule has 0 bridgehead atoms. The summed E-state index contributed by atoms with van der Waals surface area (Å²) < 4.78 is 75.3. The molecule has 0 aromatic heterocycles. The highest BCUT2D eigenvalue weighted by Gasteiger charge is 2.25. The average molecular weight is 794 g/mol. The molecule has 1 rings (SSSR count). The quantitative estimate of drug-likeness (QED) is 0.0763. The third kappa shape index (κ3) is 33.2. The summed E-state index contributed by atoms with van der Waals surface area (Å²) in [5.41, 5.74) is 0.135. The molecule has 0 aliphatic rings. The topological polar surface area (TPSA) is 175 Å². The first kappa shape index (κ1) is 50.3. The van der Waals surface area contributed by atoms with Crippen LogP contribution >= 0.6 is 0 Å². The van der Waals surface area contributed by atoms with Crippen LogP contribution in [0, 0.1) is 0 Å². The molecule has 17 nitrogen and oxygen atoms in total. The highest BCUT2D eigenvalue weighted by Crippen LogP contribution is 2.15. The van der Waals surface area contributed by atoms with E-state index in [1.165, 1.54) is 7.11 Å². The second kappa shape index (κ2) is 35.7. The van der Waals surface area contributed by atoms with Crippen molar-refractivity contribution in [2.75, 3.05) is 160 Å². The normalized spacial score (nSPS) is 12.1. The van der Waals surface area contributed by atoms with Gasteiger partial charge in [0.1, 0.15) is 24.0 Å². The smallest absolute Gasteiger partial charge is 0.408 e. The molecule has 1 N–H and O–H groups in total. The zero-order chi connectivity index (χ0) is 40.1. The summed E-state index contributed by atoms with van der Waals surface area (Å²) in [6.45, 7) is 16.0. The van der Waals surface area contributed by atoms with Crippen LogP contribution in [0.15, 0.2) is 24.3 Å². The number of hydrogen-bond acceptors (Lipinski definition) is 16. The Morgan fingerprint density at radius 1 is 0.509 bits per heavy atom. The predicted octanol–water partition coefficient (Wildman–Crippen LogP) is 2.49. The van der Waals surface area contributed by atoms with Gasteiger partial charge < -0.3 is 71.6 Å². The SMILES string of the molecule is COCCOCCOCCOCCOCCOCCOCCOCCOCCOCCOCCOc1ccc(CC(NC(=O)OC(C)(C)C)C(=O)OC)cc1. The minimum Gasteiger partial charge on any atom is -0.491 e. The van der Waals surface area contributed by atoms with Gasteiger partial charge in [-0.05, 0) is 38.5 Å². The Hall–Kier alpha value is -2.68. The van der Waals surface area contributed by atoms with Crippen molar-refractivity contribution in [1.29, 1.82) is 0 Å². The van der Waals surface area contributed by atoms with Crippen LogP contribution in [-0.2, 0) is 72.8 Å². The summed E-state index contributed by atoms with van der Waals surface area (Å²) in [4.78, 5) is 24.3. The summed E-state index contributed by atoms with van der Waals surface area (Å²) in [5, 5.41) is 2.57. The molecule has 320 valence electrons. The third-order valence-corrected chi connectivity index (χ3v) is 6.82. The third-order valence-electron chi connectivity index (χ3n) is 6.82. The van der Waals surface area contributed by atoms with E-state index in [0.29, 0.717) is 151 Å². The van der Waals surface area contributed by atoms with E-state index in [0.717, 1.165) is 5.56 Å². The molecule has 17 heteroatoms. The predicted molar refractivity (Wildman–Crippen MR) is 201 cm³/mol. The number of nitrogens with one attached hydrogen (secondary N) is 1. The molecule has 0 fully saturated rings. The van der Waals surface area contributed by atoms with Gasteiger partial charge in [-0.2, -0.15) is 0 Å². The first-order chi connectivity index (χ1) is 26.7. The van der Waals surface area contributed by atoms with Crippen molar-refractivity contribution in [3.8, 4) is 5.75 Å². The lowest BCUT2D eigenvalue weighted by atomic mass is 10.1. The van der Waals surface area contributed by atoms with Crippen LogP contribution < -0.4 is 10.1 Å². The number of alkyl carbamates (subject to hydrolysis) is 1. The van der Waals surface area contributed by atoms with E-state index < -0.39 is 23.7 Å². The molecule has 1 amide bonds. The molecule has 0 aliphatic carbocycles. The number of carbonyl (C=O) groups is 2. The van der Waals surface area contributed by atoms with Gasteiger partial charge in [0.25, 0.3) is 0 Å². The maximum Gasteiger partial charge on any atom is 0.408 e. The lowest BCUT2D eigenvalue weighted by molar-refractivity contribution is -0.143.